The van der Waals surface area contributed by atoms with Crippen LogP contribution >= 0.6 is 0 Å². The van der Waals surface area contributed by atoms with Gasteiger partial charge in [-0.15, -0.1) is 0 Å². The Morgan fingerprint density at radius 3 is 2.07 bits per heavy atom. The second kappa shape index (κ2) is 6.49. The Balaban J connectivity index is 4.20. The number of hydrogen-bond acceptors (Lipinski definition) is 2. The van der Waals surface area contributed by atoms with Gasteiger partial charge in [0.1, 0.15) is 0 Å². The summed E-state index contributed by atoms with van der Waals surface area (Å²) in [7, 11) is 0. The SMILES string of the molecule is CCC(C)CN(CC)CC(C)(O)C(C)C. The van der Waals surface area contributed by atoms with Crippen LogP contribution in [0.15, 0.2) is 0 Å². The Hall–Kier alpha value is -0.0800. The Labute approximate surface area is 95.7 Å². The molecule has 0 aromatic rings. The zero-order valence-corrected chi connectivity index (χ0v) is 11.4. The molecule has 0 fully saturated rings. The van der Waals surface area contributed by atoms with Crippen LogP contribution in [-0.2, 0) is 0 Å². The molecule has 0 aliphatic heterocycles. The highest BCUT2D eigenvalue weighted by atomic mass is 16.3. The predicted octanol–water partition coefficient (Wildman–Crippen LogP) is 2.76. The molecule has 0 spiro atoms. The van der Waals surface area contributed by atoms with Gasteiger partial charge in [0.2, 0.25) is 0 Å². The summed E-state index contributed by atoms with van der Waals surface area (Å²) in [5, 5.41) is 10.2. The molecule has 0 bridgehead atoms. The molecule has 2 unspecified atom stereocenters. The second-order valence-corrected chi connectivity index (χ2v) is 5.35. The van der Waals surface area contributed by atoms with Gasteiger partial charge in [0.25, 0.3) is 0 Å². The first-order chi connectivity index (χ1) is 6.83. The summed E-state index contributed by atoms with van der Waals surface area (Å²) >= 11 is 0. The van der Waals surface area contributed by atoms with Crippen LogP contribution < -0.4 is 0 Å². The van der Waals surface area contributed by atoms with Gasteiger partial charge >= 0.3 is 0 Å². The molecule has 92 valence electrons. The smallest absolute Gasteiger partial charge is 0.0768 e. The molecule has 1 N–H and O–H groups in total. The third-order valence-electron chi connectivity index (χ3n) is 3.50. The molecular formula is C13H29NO. The van der Waals surface area contributed by atoms with E-state index in [4.69, 9.17) is 0 Å². The lowest BCUT2D eigenvalue weighted by molar-refractivity contribution is -0.0204. The van der Waals surface area contributed by atoms with E-state index >= 15 is 0 Å². The highest BCUT2D eigenvalue weighted by Crippen LogP contribution is 2.18. The van der Waals surface area contributed by atoms with E-state index in [1.165, 1.54) is 6.42 Å². The Morgan fingerprint density at radius 2 is 1.73 bits per heavy atom. The summed E-state index contributed by atoms with van der Waals surface area (Å²) in [6, 6.07) is 0. The maximum absolute atomic E-state index is 10.2. The Bertz CT molecular complexity index is 166. The monoisotopic (exact) mass is 215 g/mol. The maximum Gasteiger partial charge on any atom is 0.0768 e. The highest BCUT2D eigenvalue weighted by Gasteiger charge is 2.27. The van der Waals surface area contributed by atoms with E-state index in [1.54, 1.807) is 0 Å². The average molecular weight is 215 g/mol. The second-order valence-electron chi connectivity index (χ2n) is 5.35. The average Bonchev–Trinajstić information content (AvgIpc) is 2.15. The van der Waals surface area contributed by atoms with Gasteiger partial charge in [0.15, 0.2) is 0 Å². The number of rotatable bonds is 7. The first-order valence-corrected chi connectivity index (χ1v) is 6.28. The van der Waals surface area contributed by atoms with Crippen molar-refractivity contribution in [2.75, 3.05) is 19.6 Å². The van der Waals surface area contributed by atoms with E-state index in [-0.39, 0.29) is 0 Å². The molecule has 0 aromatic carbocycles. The molecule has 0 aromatic heterocycles. The van der Waals surface area contributed by atoms with Crippen LogP contribution in [0.1, 0.15) is 48.0 Å². The number of nitrogens with zero attached hydrogens (tertiary/aromatic N) is 1. The molecule has 0 radical (unpaired) electrons. The van der Waals surface area contributed by atoms with Gasteiger partial charge < -0.3 is 10.0 Å². The maximum atomic E-state index is 10.2. The summed E-state index contributed by atoms with van der Waals surface area (Å²) in [5.74, 6) is 1.02. The molecular weight excluding hydrogens is 186 g/mol. The molecule has 0 saturated heterocycles. The fraction of sp³-hybridized carbons (Fsp3) is 1.00. The van der Waals surface area contributed by atoms with E-state index in [2.05, 4.69) is 39.5 Å². The van der Waals surface area contributed by atoms with Crippen molar-refractivity contribution in [1.82, 2.24) is 4.90 Å². The molecule has 0 amide bonds. The first-order valence-electron chi connectivity index (χ1n) is 6.28. The minimum atomic E-state index is -0.566. The van der Waals surface area contributed by atoms with Crippen molar-refractivity contribution >= 4 is 0 Å². The van der Waals surface area contributed by atoms with Crippen molar-refractivity contribution in [1.29, 1.82) is 0 Å². The Morgan fingerprint density at radius 1 is 1.20 bits per heavy atom. The van der Waals surface area contributed by atoms with E-state index in [0.717, 1.165) is 19.6 Å². The van der Waals surface area contributed by atoms with Crippen LogP contribution in [0.3, 0.4) is 0 Å². The molecule has 2 atom stereocenters. The summed E-state index contributed by atoms with van der Waals surface area (Å²) in [5.41, 5.74) is -0.566. The molecule has 0 aliphatic rings. The van der Waals surface area contributed by atoms with Gasteiger partial charge in [-0.2, -0.15) is 0 Å². The quantitative estimate of drug-likeness (QED) is 0.706. The molecule has 0 saturated carbocycles. The van der Waals surface area contributed by atoms with Crippen LogP contribution in [0.2, 0.25) is 0 Å². The largest absolute Gasteiger partial charge is 0.389 e. The van der Waals surface area contributed by atoms with Gasteiger partial charge in [-0.05, 0) is 25.3 Å². The van der Waals surface area contributed by atoms with Crippen LogP contribution in [0.5, 0.6) is 0 Å². The lowest BCUT2D eigenvalue weighted by Gasteiger charge is -2.35. The number of hydrogen-bond donors (Lipinski definition) is 1. The van der Waals surface area contributed by atoms with Crippen molar-refractivity contribution < 1.29 is 5.11 Å². The van der Waals surface area contributed by atoms with Crippen molar-refractivity contribution in [2.45, 2.75) is 53.6 Å². The lowest BCUT2D eigenvalue weighted by atomic mass is 9.91. The third-order valence-corrected chi connectivity index (χ3v) is 3.50. The van der Waals surface area contributed by atoms with E-state index in [0.29, 0.717) is 11.8 Å². The van der Waals surface area contributed by atoms with Gasteiger partial charge in [-0.3, -0.25) is 0 Å². The van der Waals surface area contributed by atoms with Gasteiger partial charge in [0, 0.05) is 13.1 Å². The fourth-order valence-corrected chi connectivity index (χ4v) is 1.51. The Kier molecular flexibility index (Phi) is 6.46. The normalized spacial score (nSPS) is 18.2. The van der Waals surface area contributed by atoms with Crippen LogP contribution in [-0.4, -0.2) is 35.2 Å². The number of aliphatic hydroxyl groups is 1. The molecule has 0 rings (SSSR count). The van der Waals surface area contributed by atoms with Gasteiger partial charge in [-0.25, -0.2) is 0 Å². The molecule has 2 heteroatoms. The van der Waals surface area contributed by atoms with Crippen LogP contribution in [0.4, 0.5) is 0 Å². The third kappa shape index (κ3) is 5.53. The molecule has 2 nitrogen and oxygen atoms in total. The van der Waals surface area contributed by atoms with E-state index in [9.17, 15) is 5.11 Å². The summed E-state index contributed by atoms with van der Waals surface area (Å²) in [6.45, 7) is 15.7. The summed E-state index contributed by atoms with van der Waals surface area (Å²) in [4.78, 5) is 2.36. The highest BCUT2D eigenvalue weighted by molar-refractivity contribution is 4.80. The standard InChI is InChI=1S/C13H29NO/c1-7-12(5)9-14(8-2)10-13(6,15)11(3)4/h11-12,15H,7-10H2,1-6H3. The van der Waals surface area contributed by atoms with Crippen LogP contribution in [0.25, 0.3) is 0 Å². The van der Waals surface area contributed by atoms with Crippen molar-refractivity contribution in [3.63, 3.8) is 0 Å². The fourth-order valence-electron chi connectivity index (χ4n) is 1.51. The first kappa shape index (κ1) is 14.9. The zero-order chi connectivity index (χ0) is 12.1. The van der Waals surface area contributed by atoms with Crippen molar-refractivity contribution in [3.05, 3.63) is 0 Å². The zero-order valence-electron chi connectivity index (χ0n) is 11.4. The minimum absolute atomic E-state index is 0.309. The predicted molar refractivity (Wildman–Crippen MR) is 67.0 cm³/mol. The van der Waals surface area contributed by atoms with Crippen LogP contribution in [0, 0.1) is 11.8 Å². The molecule has 15 heavy (non-hydrogen) atoms. The lowest BCUT2D eigenvalue weighted by Crippen LogP contribution is -2.45. The van der Waals surface area contributed by atoms with E-state index in [1.807, 2.05) is 6.92 Å². The number of likely N-dealkylation sites (N-methyl/N-ethyl adjacent to an activating group) is 1. The van der Waals surface area contributed by atoms with Crippen molar-refractivity contribution in [3.8, 4) is 0 Å². The van der Waals surface area contributed by atoms with E-state index < -0.39 is 5.60 Å². The summed E-state index contributed by atoms with van der Waals surface area (Å²) < 4.78 is 0. The van der Waals surface area contributed by atoms with Crippen molar-refractivity contribution in [2.24, 2.45) is 11.8 Å². The topological polar surface area (TPSA) is 23.5 Å². The summed E-state index contributed by atoms with van der Waals surface area (Å²) in [6.07, 6.45) is 1.21. The molecule has 0 heterocycles. The van der Waals surface area contributed by atoms with Gasteiger partial charge in [0.05, 0.1) is 5.60 Å². The minimum Gasteiger partial charge on any atom is -0.389 e. The molecule has 0 aliphatic carbocycles. The van der Waals surface area contributed by atoms with Gasteiger partial charge in [-0.1, -0.05) is 41.0 Å².